The van der Waals surface area contributed by atoms with Crippen molar-refractivity contribution in [2.45, 2.75) is 59.9 Å². The maximum absolute atomic E-state index is 10.6. The van der Waals surface area contributed by atoms with Gasteiger partial charge in [0.2, 0.25) is 0 Å². The summed E-state index contributed by atoms with van der Waals surface area (Å²) < 4.78 is 14.0. The maximum atomic E-state index is 10.6. The second-order valence-electron chi connectivity index (χ2n) is 9.24. The first-order valence-electron chi connectivity index (χ1n) is 11.7. The van der Waals surface area contributed by atoms with Crippen LogP contribution in [0.25, 0.3) is 0 Å². The summed E-state index contributed by atoms with van der Waals surface area (Å²) in [6.07, 6.45) is -0.715. The molecular weight excluding hydrogens is 414 g/mol. The maximum Gasteiger partial charge on any atom is 0.138 e. The van der Waals surface area contributed by atoms with Gasteiger partial charge in [0.1, 0.15) is 30.3 Å². The molecule has 33 heavy (non-hydrogen) atoms. The van der Waals surface area contributed by atoms with E-state index in [0.717, 1.165) is 36.0 Å². The van der Waals surface area contributed by atoms with Crippen molar-refractivity contribution in [3.63, 3.8) is 0 Å². The number of hydrogen-bond acceptors (Lipinski definition) is 5. The van der Waals surface area contributed by atoms with Crippen molar-refractivity contribution >= 4 is 0 Å². The van der Waals surface area contributed by atoms with Crippen LogP contribution in [-0.2, 0) is 13.1 Å². The number of aryl methyl sites for hydroxylation is 4. The molecule has 0 saturated carbocycles. The highest BCUT2D eigenvalue weighted by atomic mass is 16.5. The van der Waals surface area contributed by atoms with Crippen LogP contribution in [0.1, 0.15) is 33.6 Å². The van der Waals surface area contributed by atoms with E-state index < -0.39 is 6.10 Å². The fraction of sp³-hybridized carbons (Fsp3) is 0.444. The molecule has 6 heteroatoms. The van der Waals surface area contributed by atoms with Crippen LogP contribution in [-0.4, -0.2) is 51.7 Å². The van der Waals surface area contributed by atoms with Crippen molar-refractivity contribution in [3.05, 3.63) is 76.1 Å². The molecule has 6 nitrogen and oxygen atoms in total. The monoisotopic (exact) mass is 449 g/mol. The van der Waals surface area contributed by atoms with Crippen LogP contribution >= 0.6 is 0 Å². The lowest BCUT2D eigenvalue weighted by Gasteiger charge is -2.19. The molecule has 4 rings (SSSR count). The Morgan fingerprint density at radius 3 is 2.27 bits per heavy atom. The second kappa shape index (κ2) is 9.98. The van der Waals surface area contributed by atoms with Gasteiger partial charge < -0.3 is 14.6 Å². The fourth-order valence-corrected chi connectivity index (χ4v) is 4.42. The van der Waals surface area contributed by atoms with E-state index in [9.17, 15) is 5.11 Å². The smallest absolute Gasteiger partial charge is 0.138 e. The van der Waals surface area contributed by atoms with Crippen LogP contribution in [0.2, 0.25) is 0 Å². The third-order valence-corrected chi connectivity index (χ3v) is 6.51. The second-order valence-corrected chi connectivity index (χ2v) is 9.24. The number of benzene rings is 2. The Labute approximate surface area is 196 Å². The molecule has 0 spiro atoms. The standard InChI is InChI=1S/C27H35N3O3/c1-18-12-25(13-19(2)22(18)5)33-27-17-29(16-26(27)31)15-23-6-8-24(9-7-23)32-11-10-30-21(4)14-20(3)28-30/h6-9,12-14,26-27,31H,10-11,15-17H2,1-5H3/t26-,27-/m0/s1. The predicted octanol–water partition coefficient (Wildman–Crippen LogP) is 4.13. The minimum absolute atomic E-state index is 0.219. The predicted molar refractivity (Wildman–Crippen MR) is 130 cm³/mol. The topological polar surface area (TPSA) is 59.8 Å². The van der Waals surface area contributed by atoms with E-state index in [2.05, 4.69) is 68.0 Å². The normalized spacial score (nSPS) is 18.6. The molecule has 1 aromatic heterocycles. The molecular formula is C27H35N3O3. The van der Waals surface area contributed by atoms with Gasteiger partial charge in [-0.2, -0.15) is 5.10 Å². The SMILES string of the molecule is Cc1cc(C)n(CCOc2ccc(CN3C[C@H](Oc4cc(C)c(C)c(C)c4)[C@@H](O)C3)cc2)n1. The van der Waals surface area contributed by atoms with E-state index in [4.69, 9.17) is 9.47 Å². The average molecular weight is 450 g/mol. The molecule has 1 aliphatic rings. The molecule has 0 unspecified atom stereocenters. The molecule has 2 aromatic carbocycles. The Hall–Kier alpha value is -2.83. The zero-order valence-corrected chi connectivity index (χ0v) is 20.3. The van der Waals surface area contributed by atoms with Gasteiger partial charge in [-0.3, -0.25) is 9.58 Å². The minimum atomic E-state index is -0.496. The van der Waals surface area contributed by atoms with Crippen molar-refractivity contribution in [2.24, 2.45) is 0 Å². The molecule has 1 saturated heterocycles. The molecule has 1 N–H and O–H groups in total. The van der Waals surface area contributed by atoms with Crippen molar-refractivity contribution in [2.75, 3.05) is 19.7 Å². The van der Waals surface area contributed by atoms with Gasteiger partial charge in [-0.25, -0.2) is 0 Å². The minimum Gasteiger partial charge on any atom is -0.492 e. The third kappa shape index (κ3) is 5.75. The number of nitrogens with zero attached hydrogens (tertiary/aromatic N) is 3. The fourth-order valence-electron chi connectivity index (χ4n) is 4.42. The van der Waals surface area contributed by atoms with Gasteiger partial charge in [0.25, 0.3) is 0 Å². The van der Waals surface area contributed by atoms with Gasteiger partial charge in [-0.1, -0.05) is 12.1 Å². The Bertz CT molecular complexity index is 1070. The lowest BCUT2D eigenvalue weighted by Crippen LogP contribution is -2.30. The van der Waals surface area contributed by atoms with Crippen LogP contribution < -0.4 is 9.47 Å². The van der Waals surface area contributed by atoms with Gasteiger partial charge >= 0.3 is 0 Å². The van der Waals surface area contributed by atoms with Crippen LogP contribution in [0.15, 0.2) is 42.5 Å². The van der Waals surface area contributed by atoms with E-state index >= 15 is 0 Å². The molecule has 0 radical (unpaired) electrons. The van der Waals surface area contributed by atoms with Gasteiger partial charge in [0.15, 0.2) is 0 Å². The largest absolute Gasteiger partial charge is 0.492 e. The lowest BCUT2D eigenvalue weighted by molar-refractivity contribution is 0.0736. The summed E-state index contributed by atoms with van der Waals surface area (Å²) in [7, 11) is 0. The Balaban J connectivity index is 1.27. The van der Waals surface area contributed by atoms with Gasteiger partial charge in [-0.15, -0.1) is 0 Å². The molecule has 0 aliphatic carbocycles. The molecule has 176 valence electrons. The van der Waals surface area contributed by atoms with Gasteiger partial charge in [0.05, 0.1) is 12.2 Å². The van der Waals surface area contributed by atoms with E-state index in [1.165, 1.54) is 22.3 Å². The highest BCUT2D eigenvalue weighted by Crippen LogP contribution is 2.25. The quantitative estimate of drug-likeness (QED) is 0.560. The zero-order valence-electron chi connectivity index (χ0n) is 20.3. The van der Waals surface area contributed by atoms with E-state index in [1.54, 1.807) is 0 Å². The number of likely N-dealkylation sites (tertiary alicyclic amines) is 1. The number of hydrogen-bond donors (Lipinski definition) is 1. The zero-order chi connectivity index (χ0) is 23.5. The number of ether oxygens (including phenoxy) is 2. The van der Waals surface area contributed by atoms with Crippen molar-refractivity contribution in [1.29, 1.82) is 0 Å². The third-order valence-electron chi connectivity index (χ3n) is 6.51. The van der Waals surface area contributed by atoms with E-state index in [1.807, 2.05) is 23.7 Å². The first kappa shape index (κ1) is 23.3. The number of aliphatic hydroxyl groups excluding tert-OH is 1. The van der Waals surface area contributed by atoms with Crippen molar-refractivity contribution < 1.29 is 14.6 Å². The van der Waals surface area contributed by atoms with Gasteiger partial charge in [-0.05, 0) is 87.2 Å². The summed E-state index contributed by atoms with van der Waals surface area (Å²) in [5, 5.41) is 15.0. The van der Waals surface area contributed by atoms with E-state index in [0.29, 0.717) is 19.7 Å². The van der Waals surface area contributed by atoms with Gasteiger partial charge in [0, 0.05) is 25.3 Å². The molecule has 1 fully saturated rings. The molecule has 0 bridgehead atoms. The average Bonchev–Trinajstić information content (AvgIpc) is 3.27. The van der Waals surface area contributed by atoms with Crippen LogP contribution in [0, 0.1) is 34.6 Å². The molecule has 3 aromatic rings. The summed E-state index contributed by atoms with van der Waals surface area (Å²) >= 11 is 0. The number of aromatic nitrogens is 2. The number of aliphatic hydroxyl groups is 1. The van der Waals surface area contributed by atoms with Crippen molar-refractivity contribution in [3.8, 4) is 11.5 Å². The highest BCUT2D eigenvalue weighted by Gasteiger charge is 2.33. The molecule has 1 aliphatic heterocycles. The molecule has 2 atom stereocenters. The molecule has 2 heterocycles. The molecule has 0 amide bonds. The van der Waals surface area contributed by atoms with E-state index in [-0.39, 0.29) is 6.10 Å². The summed E-state index contributed by atoms with van der Waals surface area (Å²) in [6.45, 7) is 13.8. The lowest BCUT2D eigenvalue weighted by atomic mass is 10.0. The number of β-amino-alcohol motifs (C(OH)–C–C–N with tert-alkyl or cyclic N) is 1. The summed E-state index contributed by atoms with van der Waals surface area (Å²) in [5.74, 6) is 1.69. The summed E-state index contributed by atoms with van der Waals surface area (Å²) in [5.41, 5.74) is 7.08. The Morgan fingerprint density at radius 2 is 1.64 bits per heavy atom. The first-order valence-corrected chi connectivity index (χ1v) is 11.7. The number of rotatable bonds is 8. The van der Waals surface area contributed by atoms with Crippen molar-refractivity contribution in [1.82, 2.24) is 14.7 Å². The van der Waals surface area contributed by atoms with Crippen LogP contribution in [0.5, 0.6) is 11.5 Å². The van der Waals surface area contributed by atoms with Crippen LogP contribution in [0.3, 0.4) is 0 Å². The Morgan fingerprint density at radius 1 is 0.939 bits per heavy atom. The van der Waals surface area contributed by atoms with Crippen LogP contribution in [0.4, 0.5) is 0 Å². The summed E-state index contributed by atoms with van der Waals surface area (Å²) in [4.78, 5) is 2.24. The Kier molecular flexibility index (Phi) is 7.05. The summed E-state index contributed by atoms with van der Waals surface area (Å²) in [6, 6.07) is 14.4. The first-order chi connectivity index (χ1) is 15.8. The highest BCUT2D eigenvalue weighted by molar-refractivity contribution is 5.40.